The number of hydrogen-bond donors (Lipinski definition) is 2. The lowest BCUT2D eigenvalue weighted by Gasteiger charge is -2.36. The van der Waals surface area contributed by atoms with Crippen molar-refractivity contribution >= 4 is 0 Å². The molecule has 0 aliphatic heterocycles. The Hall–Kier alpha value is -2.36. The third-order valence-corrected chi connectivity index (χ3v) is 7.01. The third kappa shape index (κ3) is 4.93. The van der Waals surface area contributed by atoms with Gasteiger partial charge in [-0.2, -0.15) is 0 Å². The Morgan fingerprint density at radius 3 is 0.833 bits per heavy atom. The molecule has 2 rings (SSSR count). The van der Waals surface area contributed by atoms with Gasteiger partial charge < -0.3 is 19.7 Å². The molecular formula is C32H50O4. The lowest BCUT2D eigenvalue weighted by molar-refractivity contribution is 0.364. The Kier molecular flexibility index (Phi) is 7.62. The summed E-state index contributed by atoms with van der Waals surface area (Å²) < 4.78 is 12.0. The monoisotopic (exact) mass is 498 g/mol. The number of hydrogen-bond acceptors (Lipinski definition) is 4. The minimum Gasteiger partial charge on any atom is -0.507 e. The van der Waals surface area contributed by atoms with E-state index >= 15 is 0 Å². The fraction of sp³-hybridized carbons (Fsp3) is 0.625. The van der Waals surface area contributed by atoms with E-state index in [1.165, 1.54) is 0 Å². The van der Waals surface area contributed by atoms with E-state index in [1.54, 1.807) is 14.2 Å². The van der Waals surface area contributed by atoms with Gasteiger partial charge in [-0.15, -0.1) is 0 Å². The topological polar surface area (TPSA) is 58.9 Å². The Bertz CT molecular complexity index is 982. The van der Waals surface area contributed by atoms with Crippen LogP contribution in [0.15, 0.2) is 0 Å². The standard InChI is InChI=1S/C32H50O4/c1-17-19(25(33)23(31(9,10)11)27(35-15)21(17)29(3,4)5)20-18(2)22(30(6,7)8)28(36-16)24(26(20)34)32(12,13)14/h33-34H,1-16H3. The Morgan fingerprint density at radius 2 is 0.667 bits per heavy atom. The van der Waals surface area contributed by atoms with Crippen molar-refractivity contribution in [3.8, 4) is 34.1 Å². The fourth-order valence-corrected chi connectivity index (χ4v) is 5.88. The fourth-order valence-electron chi connectivity index (χ4n) is 5.88. The van der Waals surface area contributed by atoms with Crippen LogP contribution in [0.1, 0.15) is 116 Å². The molecule has 0 heterocycles. The van der Waals surface area contributed by atoms with Crippen LogP contribution < -0.4 is 9.47 Å². The average Bonchev–Trinajstić information content (AvgIpc) is 2.64. The van der Waals surface area contributed by atoms with Gasteiger partial charge in [0.15, 0.2) is 0 Å². The predicted molar refractivity (Wildman–Crippen MR) is 153 cm³/mol. The molecule has 0 saturated heterocycles. The van der Waals surface area contributed by atoms with Crippen LogP contribution in [0.2, 0.25) is 0 Å². The number of phenolic OH excluding ortho intramolecular Hbond substituents is 2. The van der Waals surface area contributed by atoms with Crippen molar-refractivity contribution in [1.82, 2.24) is 0 Å². The molecule has 0 aliphatic rings. The van der Waals surface area contributed by atoms with E-state index in [4.69, 9.17) is 9.47 Å². The molecule has 202 valence electrons. The maximum atomic E-state index is 12.0. The van der Waals surface area contributed by atoms with Crippen LogP contribution in [0.5, 0.6) is 23.0 Å². The first kappa shape index (κ1) is 29.9. The maximum absolute atomic E-state index is 12.0. The van der Waals surface area contributed by atoms with Crippen LogP contribution in [-0.2, 0) is 21.7 Å². The molecular weight excluding hydrogens is 448 g/mol. The van der Waals surface area contributed by atoms with Crippen molar-refractivity contribution in [2.75, 3.05) is 14.2 Å². The SMILES string of the molecule is COc1c(C(C)(C)C)c(C)c(-c2c(C)c(C(C)(C)C)c(OC)c(C(C)(C)C)c2O)c(O)c1C(C)(C)C. The molecule has 0 aliphatic carbocycles. The summed E-state index contributed by atoms with van der Waals surface area (Å²) in [5.74, 6) is 1.75. The van der Waals surface area contributed by atoms with Crippen molar-refractivity contribution in [3.63, 3.8) is 0 Å². The van der Waals surface area contributed by atoms with Crippen molar-refractivity contribution in [2.45, 2.75) is 119 Å². The minimum absolute atomic E-state index is 0.160. The van der Waals surface area contributed by atoms with E-state index in [2.05, 4.69) is 83.1 Å². The summed E-state index contributed by atoms with van der Waals surface area (Å²) in [5.41, 5.74) is 5.42. The molecule has 2 aromatic carbocycles. The highest BCUT2D eigenvalue weighted by molar-refractivity contribution is 5.88. The highest BCUT2D eigenvalue weighted by atomic mass is 16.5. The van der Waals surface area contributed by atoms with Gasteiger partial charge in [0.25, 0.3) is 0 Å². The quantitative estimate of drug-likeness (QED) is 0.445. The Morgan fingerprint density at radius 1 is 0.444 bits per heavy atom. The van der Waals surface area contributed by atoms with E-state index in [0.29, 0.717) is 22.6 Å². The van der Waals surface area contributed by atoms with E-state index in [-0.39, 0.29) is 22.3 Å². The first-order chi connectivity index (χ1) is 16.0. The van der Waals surface area contributed by atoms with Crippen LogP contribution in [-0.4, -0.2) is 24.4 Å². The molecule has 4 heteroatoms. The van der Waals surface area contributed by atoms with Crippen molar-refractivity contribution in [1.29, 1.82) is 0 Å². The third-order valence-electron chi connectivity index (χ3n) is 7.01. The summed E-state index contributed by atoms with van der Waals surface area (Å²) in [6.45, 7) is 29.5. The zero-order valence-corrected chi connectivity index (χ0v) is 25.7. The molecule has 0 amide bonds. The number of aromatic hydroxyl groups is 2. The number of rotatable bonds is 3. The van der Waals surface area contributed by atoms with Gasteiger partial charge in [0.05, 0.1) is 14.2 Å². The molecule has 0 bridgehead atoms. The zero-order chi connectivity index (χ0) is 28.3. The van der Waals surface area contributed by atoms with Crippen LogP contribution >= 0.6 is 0 Å². The van der Waals surface area contributed by atoms with Crippen LogP contribution in [0, 0.1) is 13.8 Å². The van der Waals surface area contributed by atoms with Gasteiger partial charge in [-0.05, 0) is 46.6 Å². The smallest absolute Gasteiger partial charge is 0.131 e. The second-order valence-electron chi connectivity index (χ2n) is 14.3. The number of phenols is 2. The molecule has 0 saturated carbocycles. The van der Waals surface area contributed by atoms with E-state index in [1.807, 2.05) is 13.8 Å². The molecule has 36 heavy (non-hydrogen) atoms. The molecule has 0 unspecified atom stereocenters. The van der Waals surface area contributed by atoms with Gasteiger partial charge in [0.2, 0.25) is 0 Å². The molecule has 0 radical (unpaired) electrons. The van der Waals surface area contributed by atoms with Crippen LogP contribution in [0.4, 0.5) is 0 Å². The van der Waals surface area contributed by atoms with Crippen LogP contribution in [0.3, 0.4) is 0 Å². The molecule has 2 aromatic rings. The second-order valence-corrected chi connectivity index (χ2v) is 14.3. The normalized spacial score (nSPS) is 13.2. The average molecular weight is 499 g/mol. The van der Waals surface area contributed by atoms with Gasteiger partial charge in [-0.25, -0.2) is 0 Å². The number of benzene rings is 2. The number of ether oxygens (including phenoxy) is 2. The lowest BCUT2D eigenvalue weighted by atomic mass is 9.71. The van der Waals surface area contributed by atoms with Crippen LogP contribution in [0.25, 0.3) is 11.1 Å². The summed E-state index contributed by atoms with van der Waals surface area (Å²) in [7, 11) is 3.34. The van der Waals surface area contributed by atoms with Crippen molar-refractivity contribution in [2.24, 2.45) is 0 Å². The number of methoxy groups -OCH3 is 2. The minimum atomic E-state index is -0.395. The molecule has 0 spiro atoms. The Balaban J connectivity index is 3.42. The highest BCUT2D eigenvalue weighted by Crippen LogP contribution is 2.57. The van der Waals surface area contributed by atoms with Gasteiger partial charge in [-0.3, -0.25) is 0 Å². The lowest BCUT2D eigenvalue weighted by Crippen LogP contribution is -2.23. The molecule has 4 nitrogen and oxygen atoms in total. The zero-order valence-electron chi connectivity index (χ0n) is 25.7. The van der Waals surface area contributed by atoms with Gasteiger partial charge in [0, 0.05) is 33.4 Å². The summed E-state index contributed by atoms with van der Waals surface area (Å²) in [4.78, 5) is 0. The highest BCUT2D eigenvalue weighted by Gasteiger charge is 2.39. The molecule has 0 aromatic heterocycles. The predicted octanol–water partition coefficient (Wildman–Crippen LogP) is 8.59. The van der Waals surface area contributed by atoms with E-state index in [0.717, 1.165) is 33.4 Å². The van der Waals surface area contributed by atoms with Crippen molar-refractivity contribution in [3.05, 3.63) is 33.4 Å². The Labute approximate surface area is 220 Å². The second kappa shape index (κ2) is 9.19. The summed E-state index contributed by atoms with van der Waals surface area (Å²) in [5, 5.41) is 24.0. The van der Waals surface area contributed by atoms with E-state index < -0.39 is 10.8 Å². The largest absolute Gasteiger partial charge is 0.507 e. The first-order valence-electron chi connectivity index (χ1n) is 12.9. The van der Waals surface area contributed by atoms with Gasteiger partial charge >= 0.3 is 0 Å². The summed E-state index contributed by atoms with van der Waals surface area (Å²) in [6.07, 6.45) is 0. The van der Waals surface area contributed by atoms with E-state index in [9.17, 15) is 10.2 Å². The maximum Gasteiger partial charge on any atom is 0.131 e. The molecule has 0 atom stereocenters. The van der Waals surface area contributed by atoms with Gasteiger partial charge in [0.1, 0.15) is 23.0 Å². The summed E-state index contributed by atoms with van der Waals surface area (Å²) >= 11 is 0. The molecule has 0 fully saturated rings. The van der Waals surface area contributed by atoms with Crippen molar-refractivity contribution < 1.29 is 19.7 Å². The summed E-state index contributed by atoms with van der Waals surface area (Å²) in [6, 6.07) is 0. The first-order valence-corrected chi connectivity index (χ1v) is 12.9. The molecule has 2 N–H and O–H groups in total. The van der Waals surface area contributed by atoms with Gasteiger partial charge in [-0.1, -0.05) is 83.1 Å².